The molecule has 4 aromatic rings. The molecule has 1 unspecified atom stereocenters. The van der Waals surface area contributed by atoms with Gasteiger partial charge in [-0.3, -0.25) is 5.10 Å². The van der Waals surface area contributed by atoms with E-state index in [1.807, 2.05) is 6.20 Å². The monoisotopic (exact) mass is 373 g/mol. The summed E-state index contributed by atoms with van der Waals surface area (Å²) in [7, 11) is 0. The molecule has 7 heteroatoms. The number of anilines is 3. The summed E-state index contributed by atoms with van der Waals surface area (Å²) in [6.45, 7) is 2.15. The topological polar surface area (TPSA) is 108 Å². The van der Waals surface area contributed by atoms with E-state index in [-0.39, 0.29) is 11.9 Å². The predicted octanol–water partition coefficient (Wildman–Crippen LogP) is 4.43. The van der Waals surface area contributed by atoms with Crippen LogP contribution in [0.5, 0.6) is 0 Å². The second-order valence-electron chi connectivity index (χ2n) is 7.54. The molecule has 1 aromatic carbocycles. The lowest BCUT2D eigenvalue weighted by Crippen LogP contribution is -2.08. The van der Waals surface area contributed by atoms with Gasteiger partial charge in [-0.2, -0.15) is 10.1 Å². The number of H-pyrrole nitrogens is 2. The van der Waals surface area contributed by atoms with E-state index in [0.717, 1.165) is 16.9 Å². The second kappa shape index (κ2) is 6.67. The van der Waals surface area contributed by atoms with Crippen LogP contribution in [0, 0.1) is 0 Å². The van der Waals surface area contributed by atoms with Crippen molar-refractivity contribution in [1.29, 1.82) is 0 Å². The minimum atomic E-state index is 0.104. The van der Waals surface area contributed by atoms with Gasteiger partial charge in [0.15, 0.2) is 5.82 Å². The number of aromatic amines is 2. The third kappa shape index (κ3) is 2.98. The fourth-order valence-corrected chi connectivity index (χ4v) is 3.79. The minimum absolute atomic E-state index is 0.104. The highest BCUT2D eigenvalue weighted by Crippen LogP contribution is 2.37. The third-order valence-electron chi connectivity index (χ3n) is 5.77. The Kier molecular flexibility index (Phi) is 4.00. The highest BCUT2D eigenvalue weighted by atomic mass is 15.2. The molecule has 142 valence electrons. The quantitative estimate of drug-likeness (QED) is 0.414. The van der Waals surface area contributed by atoms with Crippen molar-refractivity contribution in [2.24, 2.45) is 0 Å². The predicted molar refractivity (Wildman–Crippen MR) is 111 cm³/mol. The summed E-state index contributed by atoms with van der Waals surface area (Å²) in [6.07, 6.45) is 7.51. The second-order valence-corrected chi connectivity index (χ2v) is 7.54. The molecule has 1 aliphatic rings. The molecule has 5 N–H and O–H groups in total. The molecule has 1 fully saturated rings. The molecule has 1 aliphatic carbocycles. The van der Waals surface area contributed by atoms with E-state index in [9.17, 15) is 0 Å². The maximum atomic E-state index is 5.87. The van der Waals surface area contributed by atoms with Crippen molar-refractivity contribution in [1.82, 2.24) is 25.1 Å². The number of nitrogens with one attached hydrogen (secondary N) is 3. The van der Waals surface area contributed by atoms with Crippen LogP contribution in [-0.4, -0.2) is 25.1 Å². The van der Waals surface area contributed by atoms with Crippen LogP contribution in [0.15, 0.2) is 42.7 Å². The summed E-state index contributed by atoms with van der Waals surface area (Å²) < 4.78 is 0. The SMILES string of the molecule is CC(c1ccc2[nH]ccc2c1)c1cnc(N)nc1Nc1cc(C2CCC2)[nH]n1. The summed E-state index contributed by atoms with van der Waals surface area (Å²) in [5.74, 6) is 2.40. The van der Waals surface area contributed by atoms with Crippen LogP contribution in [0.25, 0.3) is 10.9 Å². The van der Waals surface area contributed by atoms with E-state index >= 15 is 0 Å². The number of nitrogen functional groups attached to an aromatic ring is 1. The zero-order valence-corrected chi connectivity index (χ0v) is 15.7. The van der Waals surface area contributed by atoms with Gasteiger partial charge in [0.2, 0.25) is 5.95 Å². The lowest BCUT2D eigenvalue weighted by molar-refractivity contribution is 0.410. The summed E-state index contributed by atoms with van der Waals surface area (Å²) in [6, 6.07) is 10.6. The third-order valence-corrected chi connectivity index (χ3v) is 5.77. The Bertz CT molecular complexity index is 1120. The van der Waals surface area contributed by atoms with Crippen molar-refractivity contribution in [3.05, 3.63) is 59.5 Å². The number of nitrogens with zero attached hydrogens (tertiary/aromatic N) is 3. The van der Waals surface area contributed by atoms with Gasteiger partial charge in [-0.05, 0) is 42.0 Å². The fraction of sp³-hybridized carbons (Fsp3) is 0.286. The molecule has 0 spiro atoms. The van der Waals surface area contributed by atoms with Gasteiger partial charge in [0.25, 0.3) is 0 Å². The van der Waals surface area contributed by atoms with E-state index in [0.29, 0.717) is 11.7 Å². The highest BCUT2D eigenvalue weighted by molar-refractivity contribution is 5.80. The molecule has 1 saturated carbocycles. The van der Waals surface area contributed by atoms with E-state index in [1.165, 1.54) is 35.9 Å². The van der Waals surface area contributed by atoms with Crippen LogP contribution in [0.1, 0.15) is 54.8 Å². The molecule has 3 heterocycles. The van der Waals surface area contributed by atoms with Crippen LogP contribution in [-0.2, 0) is 0 Å². The van der Waals surface area contributed by atoms with Gasteiger partial charge < -0.3 is 16.0 Å². The van der Waals surface area contributed by atoms with E-state index < -0.39 is 0 Å². The zero-order chi connectivity index (χ0) is 19.1. The molecule has 0 radical (unpaired) electrons. The Hall–Kier alpha value is -3.35. The van der Waals surface area contributed by atoms with Crippen LogP contribution in [0.3, 0.4) is 0 Å². The summed E-state index contributed by atoms with van der Waals surface area (Å²) in [5.41, 5.74) is 10.4. The van der Waals surface area contributed by atoms with Gasteiger partial charge >= 0.3 is 0 Å². The van der Waals surface area contributed by atoms with Gasteiger partial charge in [-0.1, -0.05) is 19.4 Å². The van der Waals surface area contributed by atoms with E-state index in [4.69, 9.17) is 5.73 Å². The zero-order valence-electron chi connectivity index (χ0n) is 15.7. The Morgan fingerprint density at radius 2 is 2.11 bits per heavy atom. The van der Waals surface area contributed by atoms with Crippen LogP contribution in [0.2, 0.25) is 0 Å². The average molecular weight is 373 g/mol. The maximum Gasteiger partial charge on any atom is 0.221 e. The van der Waals surface area contributed by atoms with Crippen molar-refractivity contribution in [3.63, 3.8) is 0 Å². The molecular weight excluding hydrogens is 350 g/mol. The van der Waals surface area contributed by atoms with Gasteiger partial charge in [-0.15, -0.1) is 0 Å². The Morgan fingerprint density at radius 3 is 2.93 bits per heavy atom. The standard InChI is InChI=1S/C21H23N7/c1-12(14-5-6-17-15(9-14)7-8-23-17)16-11-24-21(22)26-20(16)25-19-10-18(27-28-19)13-3-2-4-13/h5-13,23H,2-4H2,1H3,(H4,22,24,25,26,27,28). The first-order chi connectivity index (χ1) is 13.7. The molecule has 1 atom stereocenters. The number of hydrogen-bond acceptors (Lipinski definition) is 5. The van der Waals surface area contributed by atoms with Crippen molar-refractivity contribution >= 4 is 28.5 Å². The van der Waals surface area contributed by atoms with Gasteiger partial charge in [0.05, 0.1) is 0 Å². The minimum Gasteiger partial charge on any atom is -0.368 e. The Morgan fingerprint density at radius 1 is 1.21 bits per heavy atom. The molecular formula is C21H23N7. The first-order valence-electron chi connectivity index (χ1n) is 9.69. The van der Waals surface area contributed by atoms with E-state index in [2.05, 4.69) is 67.7 Å². The average Bonchev–Trinajstić information content (AvgIpc) is 3.29. The van der Waals surface area contributed by atoms with Crippen molar-refractivity contribution in [2.75, 3.05) is 11.1 Å². The summed E-state index contributed by atoms with van der Waals surface area (Å²) in [4.78, 5) is 11.9. The largest absolute Gasteiger partial charge is 0.368 e. The Labute approximate surface area is 162 Å². The number of benzene rings is 1. The summed E-state index contributed by atoms with van der Waals surface area (Å²) in [5, 5.41) is 12.1. The number of rotatable bonds is 5. The molecule has 3 aromatic heterocycles. The molecule has 0 bridgehead atoms. The smallest absolute Gasteiger partial charge is 0.221 e. The maximum absolute atomic E-state index is 5.87. The Balaban J connectivity index is 1.46. The summed E-state index contributed by atoms with van der Waals surface area (Å²) >= 11 is 0. The molecule has 0 saturated heterocycles. The lowest BCUT2D eigenvalue weighted by Gasteiger charge is -2.23. The van der Waals surface area contributed by atoms with Crippen LogP contribution in [0.4, 0.5) is 17.6 Å². The number of fused-ring (bicyclic) bond motifs is 1. The van der Waals surface area contributed by atoms with Crippen molar-refractivity contribution in [2.45, 2.75) is 38.0 Å². The van der Waals surface area contributed by atoms with Crippen molar-refractivity contribution < 1.29 is 0 Å². The molecule has 5 rings (SSSR count). The lowest BCUT2D eigenvalue weighted by atomic mass is 9.83. The molecule has 7 nitrogen and oxygen atoms in total. The first kappa shape index (κ1) is 16.8. The van der Waals surface area contributed by atoms with Crippen LogP contribution < -0.4 is 11.1 Å². The van der Waals surface area contributed by atoms with Gasteiger partial charge in [0.1, 0.15) is 5.82 Å². The molecule has 28 heavy (non-hydrogen) atoms. The number of hydrogen-bond donors (Lipinski definition) is 4. The number of nitrogens with two attached hydrogens (primary N) is 1. The van der Waals surface area contributed by atoms with Crippen LogP contribution >= 0.6 is 0 Å². The fourth-order valence-electron chi connectivity index (χ4n) is 3.79. The molecule has 0 amide bonds. The highest BCUT2D eigenvalue weighted by Gasteiger charge is 2.22. The van der Waals surface area contributed by atoms with E-state index in [1.54, 1.807) is 6.20 Å². The van der Waals surface area contributed by atoms with Gasteiger partial charge in [-0.25, -0.2) is 4.98 Å². The normalized spacial score (nSPS) is 15.5. The first-order valence-corrected chi connectivity index (χ1v) is 9.69. The van der Waals surface area contributed by atoms with Gasteiger partial charge in [0, 0.05) is 47.1 Å². The number of aromatic nitrogens is 5. The van der Waals surface area contributed by atoms with Crippen molar-refractivity contribution in [3.8, 4) is 0 Å². The molecule has 0 aliphatic heterocycles.